The van der Waals surface area contributed by atoms with E-state index >= 15 is 0 Å². The Balaban J connectivity index is 2.03. The molecular formula is C19H22N8O2S. The van der Waals surface area contributed by atoms with Crippen molar-refractivity contribution < 1.29 is 9.59 Å². The summed E-state index contributed by atoms with van der Waals surface area (Å²) in [6, 6.07) is 8.06. The number of nitrogens with one attached hydrogen (secondary N) is 3. The summed E-state index contributed by atoms with van der Waals surface area (Å²) in [6.07, 6.45) is 1.14. The van der Waals surface area contributed by atoms with Gasteiger partial charge < -0.3 is 22.2 Å². The average molecular weight is 427 g/mol. The second-order valence-corrected chi connectivity index (χ2v) is 7.07. The zero-order valence-electron chi connectivity index (χ0n) is 16.3. The molecule has 0 aliphatic carbocycles. The molecule has 156 valence electrons. The lowest BCUT2D eigenvalue weighted by Gasteiger charge is -2.14. The summed E-state index contributed by atoms with van der Waals surface area (Å²) in [6.45, 7) is 5.35. The maximum atomic E-state index is 12.5. The zero-order chi connectivity index (χ0) is 22.1. The number of hydrazone groups is 1. The number of hydrogen-bond acceptors (Lipinski definition) is 8. The van der Waals surface area contributed by atoms with Gasteiger partial charge in [0, 0.05) is 11.6 Å². The highest BCUT2D eigenvalue weighted by Gasteiger charge is 2.16. The second kappa shape index (κ2) is 10.7. The van der Waals surface area contributed by atoms with E-state index in [2.05, 4.69) is 32.3 Å². The highest BCUT2D eigenvalue weighted by molar-refractivity contribution is 8.16. The van der Waals surface area contributed by atoms with Crippen molar-refractivity contribution in [2.24, 2.45) is 16.7 Å². The lowest BCUT2D eigenvalue weighted by atomic mass is 10.1. The van der Waals surface area contributed by atoms with E-state index < -0.39 is 11.8 Å². The fourth-order valence-corrected chi connectivity index (χ4v) is 2.73. The Kier molecular flexibility index (Phi) is 8.06. The third-order valence-corrected chi connectivity index (χ3v) is 4.56. The molecule has 0 bridgehead atoms. The predicted octanol–water partition coefficient (Wildman–Crippen LogP) is 1.13. The number of carbonyl (C=O) groups is 2. The van der Waals surface area contributed by atoms with Crippen molar-refractivity contribution >= 4 is 34.5 Å². The largest absolute Gasteiger partial charge is 0.382 e. The van der Waals surface area contributed by atoms with Crippen molar-refractivity contribution in [3.05, 3.63) is 71.2 Å². The van der Waals surface area contributed by atoms with E-state index in [1.807, 2.05) is 6.92 Å². The Morgan fingerprint density at radius 1 is 1.27 bits per heavy atom. The fraction of sp³-hybridized carbons (Fsp3) is 0.158. The van der Waals surface area contributed by atoms with Gasteiger partial charge in [0.1, 0.15) is 23.6 Å². The van der Waals surface area contributed by atoms with Crippen molar-refractivity contribution in [2.45, 2.75) is 13.0 Å². The molecule has 0 spiro atoms. The molecule has 1 unspecified atom stereocenters. The summed E-state index contributed by atoms with van der Waals surface area (Å²) < 4.78 is 0. The molecule has 1 aromatic heterocycles. The van der Waals surface area contributed by atoms with Crippen LogP contribution in [-0.2, 0) is 0 Å². The minimum absolute atomic E-state index is 0.0279. The summed E-state index contributed by atoms with van der Waals surface area (Å²) in [5.74, 6) is 4.41. The van der Waals surface area contributed by atoms with Crippen LogP contribution in [0.5, 0.6) is 0 Å². The molecule has 30 heavy (non-hydrogen) atoms. The summed E-state index contributed by atoms with van der Waals surface area (Å²) >= 11 is 1.10. The van der Waals surface area contributed by atoms with Crippen LogP contribution >= 0.6 is 11.8 Å². The first-order valence-corrected chi connectivity index (χ1v) is 9.63. The fourth-order valence-electron chi connectivity index (χ4n) is 2.37. The van der Waals surface area contributed by atoms with Crippen molar-refractivity contribution in [1.29, 1.82) is 5.41 Å². The molecule has 1 aromatic carbocycles. The van der Waals surface area contributed by atoms with Gasteiger partial charge in [0.15, 0.2) is 0 Å². The quantitative estimate of drug-likeness (QED) is 0.182. The number of rotatable bonds is 8. The molecule has 2 aromatic rings. The van der Waals surface area contributed by atoms with Crippen molar-refractivity contribution in [3.8, 4) is 0 Å². The van der Waals surface area contributed by atoms with Crippen LogP contribution in [0.15, 0.2) is 53.7 Å². The van der Waals surface area contributed by atoms with Gasteiger partial charge in [-0.2, -0.15) is 5.10 Å². The molecule has 0 fully saturated rings. The Morgan fingerprint density at radius 3 is 2.50 bits per heavy atom. The highest BCUT2D eigenvalue weighted by Crippen LogP contribution is 2.14. The highest BCUT2D eigenvalue weighted by atomic mass is 32.2. The van der Waals surface area contributed by atoms with Gasteiger partial charge >= 0.3 is 0 Å². The normalized spacial score (nSPS) is 12.0. The number of amides is 2. The van der Waals surface area contributed by atoms with E-state index in [9.17, 15) is 9.59 Å². The molecule has 10 nitrogen and oxygen atoms in total. The van der Waals surface area contributed by atoms with E-state index in [4.69, 9.17) is 17.0 Å². The van der Waals surface area contributed by atoms with Gasteiger partial charge in [0.2, 0.25) is 0 Å². The number of nitrogens with zero attached hydrogens (tertiary/aromatic N) is 3. The maximum Gasteiger partial charge on any atom is 0.270 e. The molecule has 2 amide bonds. The third-order valence-electron chi connectivity index (χ3n) is 3.96. The van der Waals surface area contributed by atoms with Gasteiger partial charge in [0.05, 0.1) is 17.6 Å². The Hall–Kier alpha value is -3.73. The molecule has 2 rings (SSSR count). The predicted molar refractivity (Wildman–Crippen MR) is 117 cm³/mol. The van der Waals surface area contributed by atoms with E-state index in [1.54, 1.807) is 24.3 Å². The maximum absolute atomic E-state index is 12.5. The number of aromatic nitrogens is 2. The van der Waals surface area contributed by atoms with Crippen LogP contribution in [0.2, 0.25) is 0 Å². The molecule has 0 saturated carbocycles. The summed E-state index contributed by atoms with van der Waals surface area (Å²) in [7, 11) is 0. The van der Waals surface area contributed by atoms with E-state index in [0.717, 1.165) is 23.7 Å². The molecule has 0 aliphatic rings. The Bertz CT molecular complexity index is 975. The van der Waals surface area contributed by atoms with Gasteiger partial charge in [0.25, 0.3) is 11.8 Å². The molecule has 0 aliphatic heterocycles. The summed E-state index contributed by atoms with van der Waals surface area (Å²) in [4.78, 5) is 32.5. The topological polar surface area (TPSA) is 172 Å². The smallest absolute Gasteiger partial charge is 0.270 e. The van der Waals surface area contributed by atoms with Crippen LogP contribution in [0.25, 0.3) is 0 Å². The van der Waals surface area contributed by atoms with E-state index in [0.29, 0.717) is 5.56 Å². The summed E-state index contributed by atoms with van der Waals surface area (Å²) in [5.41, 5.74) is 7.24. The minimum atomic E-state index is -0.511. The van der Waals surface area contributed by atoms with Gasteiger partial charge in [-0.15, -0.1) is 0 Å². The number of nitrogens with two attached hydrogens (primary N) is 2. The van der Waals surface area contributed by atoms with Crippen LogP contribution < -0.4 is 22.2 Å². The number of amidine groups is 1. The molecule has 7 N–H and O–H groups in total. The monoisotopic (exact) mass is 426 g/mol. The van der Waals surface area contributed by atoms with Crippen molar-refractivity contribution in [2.75, 3.05) is 6.54 Å². The van der Waals surface area contributed by atoms with Crippen LogP contribution in [0.4, 0.5) is 0 Å². The first-order chi connectivity index (χ1) is 14.3. The second-order valence-electron chi connectivity index (χ2n) is 6.01. The van der Waals surface area contributed by atoms with Crippen LogP contribution in [-0.4, -0.2) is 39.2 Å². The van der Waals surface area contributed by atoms with Crippen molar-refractivity contribution in [3.63, 3.8) is 0 Å². The summed E-state index contributed by atoms with van der Waals surface area (Å²) in [5, 5.41) is 18.1. The van der Waals surface area contributed by atoms with Crippen molar-refractivity contribution in [1.82, 2.24) is 20.6 Å². The minimum Gasteiger partial charge on any atom is -0.382 e. The lowest BCUT2D eigenvalue weighted by molar-refractivity contribution is 0.0934. The van der Waals surface area contributed by atoms with Crippen LogP contribution in [0.1, 0.15) is 45.1 Å². The Morgan fingerprint density at radius 2 is 1.90 bits per heavy atom. The number of benzene rings is 1. The van der Waals surface area contributed by atoms with Gasteiger partial charge in [-0.1, -0.05) is 42.6 Å². The molecule has 1 heterocycles. The molecule has 1 atom stereocenters. The molecule has 0 radical (unpaired) electrons. The first kappa shape index (κ1) is 22.6. The molecule has 0 saturated heterocycles. The average Bonchev–Trinajstić information content (AvgIpc) is 2.77. The number of thioether (sulfide) groups is 1. The zero-order valence-corrected chi connectivity index (χ0v) is 17.1. The van der Waals surface area contributed by atoms with Gasteiger partial charge in [-0.05, 0) is 17.9 Å². The van der Waals surface area contributed by atoms with Gasteiger partial charge in [-0.3, -0.25) is 15.0 Å². The third kappa shape index (κ3) is 6.14. The number of carbonyl (C=O) groups excluding carboxylic acids is 2. The first-order valence-electron chi connectivity index (χ1n) is 8.75. The van der Waals surface area contributed by atoms with Gasteiger partial charge in [-0.25, -0.2) is 9.97 Å². The van der Waals surface area contributed by atoms with E-state index in [-0.39, 0.29) is 34.9 Å². The van der Waals surface area contributed by atoms with E-state index in [1.165, 1.54) is 11.5 Å². The Labute approximate surface area is 177 Å². The SMILES string of the molecule is C=CSC(=N)CNC(=O)c1cc(C(=O)NC(C)c2ccc(/C(N)=N/N)cc2)ncn1. The number of hydrogen-bond donors (Lipinski definition) is 5. The standard InChI is InChI=1S/C19H22N8O2S/c1-3-30-16(20)9-23-18(28)14-8-15(25-10-24-14)19(29)26-11(2)12-4-6-13(7-5-12)17(21)27-22/h3-8,10-11,20H,1,9,22H2,2H3,(H2,21,27)(H,23,28)(H,26,29). The van der Waals surface area contributed by atoms with Crippen LogP contribution in [0, 0.1) is 5.41 Å². The molecule has 11 heteroatoms. The molecular weight excluding hydrogens is 404 g/mol. The lowest BCUT2D eigenvalue weighted by Crippen LogP contribution is -2.30. The van der Waals surface area contributed by atoms with Crippen LogP contribution in [0.3, 0.4) is 0 Å².